The fourth-order valence-electron chi connectivity index (χ4n) is 3.33. The van der Waals surface area contributed by atoms with Crippen LogP contribution in [0.2, 0.25) is 0 Å². The summed E-state index contributed by atoms with van der Waals surface area (Å²) in [5, 5.41) is 3.71. The molecule has 0 amide bonds. The molecule has 0 aliphatic rings. The van der Waals surface area contributed by atoms with Gasteiger partial charge in [-0.15, -0.1) is 0 Å². The Morgan fingerprint density at radius 1 is 0.963 bits per heavy atom. The van der Waals surface area contributed by atoms with Gasteiger partial charge in [-0.2, -0.15) is 0 Å². The van der Waals surface area contributed by atoms with Crippen LogP contribution in [0, 0.1) is 6.92 Å². The van der Waals surface area contributed by atoms with E-state index in [0.717, 1.165) is 30.0 Å². The fourth-order valence-corrected chi connectivity index (χ4v) is 3.33. The predicted octanol–water partition coefficient (Wildman–Crippen LogP) is 6.19. The second kappa shape index (κ2) is 10.1. The van der Waals surface area contributed by atoms with Crippen LogP contribution in [0.3, 0.4) is 0 Å². The number of aryl methyl sites for hydroxylation is 1. The van der Waals surface area contributed by atoms with E-state index in [1.165, 1.54) is 36.8 Å². The number of nitrogens with zero attached hydrogens (tertiary/aromatic N) is 1. The molecule has 2 aromatic carbocycles. The first-order chi connectivity index (χ1) is 13.3. The summed E-state index contributed by atoms with van der Waals surface area (Å²) < 4.78 is 0. The Kier molecular flexibility index (Phi) is 7.23. The van der Waals surface area contributed by atoms with Crippen molar-refractivity contribution in [2.24, 2.45) is 0 Å². The molecular formula is C24H31N3. The Morgan fingerprint density at radius 2 is 1.74 bits per heavy atom. The summed E-state index contributed by atoms with van der Waals surface area (Å²) >= 11 is 0. The lowest BCUT2D eigenvalue weighted by Gasteiger charge is -2.17. The van der Waals surface area contributed by atoms with E-state index < -0.39 is 0 Å². The van der Waals surface area contributed by atoms with E-state index in [1.807, 2.05) is 6.20 Å². The predicted molar refractivity (Wildman–Crippen MR) is 114 cm³/mol. The number of H-pyrrole nitrogens is 1. The average Bonchev–Trinajstić information content (AvgIpc) is 3.19. The van der Waals surface area contributed by atoms with Crippen LogP contribution in [0.1, 0.15) is 62.0 Å². The Bertz CT molecular complexity index is 790. The van der Waals surface area contributed by atoms with E-state index in [-0.39, 0.29) is 6.04 Å². The van der Waals surface area contributed by atoms with Gasteiger partial charge < -0.3 is 10.3 Å². The lowest BCUT2D eigenvalue weighted by molar-refractivity contribution is 0.453. The molecule has 3 heteroatoms. The SMILES string of the molecule is CCCCCCC(NCc1ccccc1)c1nc(-c2ccc(C)cc2)c[nH]1. The van der Waals surface area contributed by atoms with E-state index in [1.54, 1.807) is 0 Å². The molecule has 3 rings (SSSR count). The highest BCUT2D eigenvalue weighted by Gasteiger charge is 2.15. The molecule has 0 fully saturated rings. The zero-order valence-electron chi connectivity index (χ0n) is 16.5. The maximum absolute atomic E-state index is 4.90. The minimum atomic E-state index is 0.251. The van der Waals surface area contributed by atoms with Crippen molar-refractivity contribution in [1.29, 1.82) is 0 Å². The van der Waals surface area contributed by atoms with Crippen molar-refractivity contribution >= 4 is 0 Å². The van der Waals surface area contributed by atoms with Crippen LogP contribution in [0.5, 0.6) is 0 Å². The van der Waals surface area contributed by atoms with E-state index in [4.69, 9.17) is 4.98 Å². The first-order valence-corrected chi connectivity index (χ1v) is 10.2. The Morgan fingerprint density at radius 3 is 2.48 bits per heavy atom. The molecule has 0 aliphatic carbocycles. The molecular weight excluding hydrogens is 330 g/mol. The van der Waals surface area contributed by atoms with Gasteiger partial charge in [0, 0.05) is 18.3 Å². The Hall–Kier alpha value is -2.39. The van der Waals surface area contributed by atoms with E-state index >= 15 is 0 Å². The molecule has 27 heavy (non-hydrogen) atoms. The van der Waals surface area contributed by atoms with Crippen molar-refractivity contribution in [3.8, 4) is 11.3 Å². The number of nitrogens with one attached hydrogen (secondary N) is 2. The average molecular weight is 362 g/mol. The molecule has 1 aromatic heterocycles. The molecule has 1 heterocycles. The summed E-state index contributed by atoms with van der Waals surface area (Å²) in [6.07, 6.45) is 8.21. The molecule has 2 N–H and O–H groups in total. The highest BCUT2D eigenvalue weighted by atomic mass is 15.0. The van der Waals surface area contributed by atoms with Crippen molar-refractivity contribution in [2.45, 2.75) is 58.5 Å². The van der Waals surface area contributed by atoms with Crippen molar-refractivity contribution < 1.29 is 0 Å². The molecule has 0 radical (unpaired) electrons. The number of unbranched alkanes of at least 4 members (excludes halogenated alkanes) is 3. The van der Waals surface area contributed by atoms with Crippen LogP contribution in [0.15, 0.2) is 60.8 Å². The third-order valence-corrected chi connectivity index (χ3v) is 5.02. The molecule has 0 saturated carbocycles. The summed E-state index contributed by atoms with van der Waals surface area (Å²) in [7, 11) is 0. The number of hydrogen-bond donors (Lipinski definition) is 2. The number of hydrogen-bond acceptors (Lipinski definition) is 2. The number of aromatic amines is 1. The van der Waals surface area contributed by atoms with Crippen LogP contribution in [-0.2, 0) is 6.54 Å². The Labute approximate surface area is 163 Å². The minimum absolute atomic E-state index is 0.251. The minimum Gasteiger partial charge on any atom is -0.347 e. The molecule has 0 saturated heterocycles. The second-order valence-corrected chi connectivity index (χ2v) is 7.31. The first kappa shape index (κ1) is 19.4. The molecule has 1 unspecified atom stereocenters. The van der Waals surface area contributed by atoms with Crippen LogP contribution in [0.4, 0.5) is 0 Å². The maximum atomic E-state index is 4.90. The van der Waals surface area contributed by atoms with Crippen LogP contribution < -0.4 is 5.32 Å². The molecule has 3 nitrogen and oxygen atoms in total. The number of aromatic nitrogens is 2. The van der Waals surface area contributed by atoms with Crippen LogP contribution >= 0.6 is 0 Å². The van der Waals surface area contributed by atoms with Crippen molar-refractivity contribution in [2.75, 3.05) is 0 Å². The molecule has 1 atom stereocenters. The Balaban J connectivity index is 1.70. The van der Waals surface area contributed by atoms with E-state index in [2.05, 4.69) is 78.7 Å². The summed E-state index contributed by atoms with van der Waals surface area (Å²) in [5.41, 5.74) is 4.76. The maximum Gasteiger partial charge on any atom is 0.124 e. The van der Waals surface area contributed by atoms with Gasteiger partial charge in [0.05, 0.1) is 11.7 Å². The molecule has 3 aromatic rings. The topological polar surface area (TPSA) is 40.7 Å². The number of benzene rings is 2. The third-order valence-electron chi connectivity index (χ3n) is 5.02. The van der Waals surface area contributed by atoms with Gasteiger partial charge in [0.15, 0.2) is 0 Å². The first-order valence-electron chi connectivity index (χ1n) is 10.2. The monoisotopic (exact) mass is 361 g/mol. The molecule has 0 spiro atoms. The standard InChI is InChI=1S/C24H31N3/c1-3-4-5-9-12-22(25-17-20-10-7-6-8-11-20)24-26-18-23(27-24)21-15-13-19(2)14-16-21/h6-8,10-11,13-16,18,22,25H,3-5,9,12,17H2,1-2H3,(H,26,27). The summed E-state index contributed by atoms with van der Waals surface area (Å²) in [5.74, 6) is 1.04. The van der Waals surface area contributed by atoms with Crippen molar-refractivity contribution in [1.82, 2.24) is 15.3 Å². The highest BCUT2D eigenvalue weighted by Crippen LogP contribution is 2.23. The van der Waals surface area contributed by atoms with Gasteiger partial charge >= 0.3 is 0 Å². The fraction of sp³-hybridized carbons (Fsp3) is 0.375. The van der Waals surface area contributed by atoms with Crippen molar-refractivity contribution in [3.63, 3.8) is 0 Å². The summed E-state index contributed by atoms with van der Waals surface area (Å²) in [6.45, 7) is 5.23. The number of imidazole rings is 1. The molecule has 0 bridgehead atoms. The summed E-state index contributed by atoms with van der Waals surface area (Å²) in [4.78, 5) is 8.33. The van der Waals surface area contributed by atoms with Gasteiger partial charge in [-0.25, -0.2) is 4.98 Å². The smallest absolute Gasteiger partial charge is 0.124 e. The highest BCUT2D eigenvalue weighted by molar-refractivity contribution is 5.58. The van der Waals surface area contributed by atoms with Crippen LogP contribution in [-0.4, -0.2) is 9.97 Å². The lowest BCUT2D eigenvalue weighted by Crippen LogP contribution is -2.22. The normalized spacial score (nSPS) is 12.2. The van der Waals surface area contributed by atoms with Crippen LogP contribution in [0.25, 0.3) is 11.3 Å². The van der Waals surface area contributed by atoms with Gasteiger partial charge in [0.1, 0.15) is 5.82 Å². The van der Waals surface area contributed by atoms with E-state index in [9.17, 15) is 0 Å². The zero-order valence-corrected chi connectivity index (χ0v) is 16.5. The number of rotatable bonds is 10. The van der Waals surface area contributed by atoms with Crippen molar-refractivity contribution in [3.05, 3.63) is 77.7 Å². The zero-order chi connectivity index (χ0) is 18.9. The largest absolute Gasteiger partial charge is 0.347 e. The van der Waals surface area contributed by atoms with Gasteiger partial charge in [-0.3, -0.25) is 0 Å². The third kappa shape index (κ3) is 5.80. The van der Waals surface area contributed by atoms with Gasteiger partial charge in [-0.1, -0.05) is 92.8 Å². The summed E-state index contributed by atoms with van der Waals surface area (Å²) in [6, 6.07) is 19.4. The van der Waals surface area contributed by atoms with E-state index in [0.29, 0.717) is 0 Å². The molecule has 0 aliphatic heterocycles. The quantitative estimate of drug-likeness (QED) is 0.423. The van der Waals surface area contributed by atoms with Gasteiger partial charge in [0.2, 0.25) is 0 Å². The lowest BCUT2D eigenvalue weighted by atomic mass is 10.1. The van der Waals surface area contributed by atoms with Gasteiger partial charge in [0.25, 0.3) is 0 Å². The molecule has 142 valence electrons. The second-order valence-electron chi connectivity index (χ2n) is 7.31. The van der Waals surface area contributed by atoms with Gasteiger partial charge in [-0.05, 0) is 18.9 Å².